The summed E-state index contributed by atoms with van der Waals surface area (Å²) in [5, 5.41) is 11.5. The summed E-state index contributed by atoms with van der Waals surface area (Å²) in [6, 6.07) is 4.22. The average Bonchev–Trinajstić information content (AvgIpc) is 3.13. The van der Waals surface area contributed by atoms with Crippen molar-refractivity contribution < 1.29 is 13.2 Å². The van der Waals surface area contributed by atoms with E-state index in [0.29, 0.717) is 23.1 Å². The lowest BCUT2D eigenvalue weighted by Gasteiger charge is -2.29. The molecule has 6 nitrogen and oxygen atoms in total. The molecule has 0 spiro atoms. The first-order valence-corrected chi connectivity index (χ1v) is 11.1. The van der Waals surface area contributed by atoms with Gasteiger partial charge in [-0.25, -0.2) is 9.97 Å². The SMILES string of the molecule is CSc1nc(NCc2ccc(C(F)(F)F)nc2)cc(-c2n[nH]c3c2CCC(C)(C)C3)n1. The van der Waals surface area contributed by atoms with Crippen LogP contribution in [0.3, 0.4) is 0 Å². The van der Waals surface area contributed by atoms with Gasteiger partial charge in [-0.1, -0.05) is 31.7 Å². The van der Waals surface area contributed by atoms with Crippen LogP contribution in [0, 0.1) is 5.41 Å². The van der Waals surface area contributed by atoms with E-state index in [9.17, 15) is 13.2 Å². The van der Waals surface area contributed by atoms with Crippen molar-refractivity contribution >= 4 is 17.6 Å². The number of nitrogens with one attached hydrogen (secondary N) is 2. The standard InChI is InChI=1S/C21H23F3N6S/c1-20(2)7-6-13-15(9-20)29-30-18(13)14-8-17(28-19(27-14)31-3)26-11-12-4-5-16(25-10-12)21(22,23)24/h4-5,8,10H,6-7,9,11H2,1-3H3,(H,29,30)(H,26,27,28). The number of nitrogens with zero attached hydrogens (tertiary/aromatic N) is 4. The van der Waals surface area contributed by atoms with Crippen LogP contribution in [-0.4, -0.2) is 31.4 Å². The second kappa shape index (κ2) is 8.14. The predicted octanol–water partition coefficient (Wildman–Crippen LogP) is 5.13. The lowest BCUT2D eigenvalue weighted by molar-refractivity contribution is -0.141. The molecule has 0 amide bonds. The summed E-state index contributed by atoms with van der Waals surface area (Å²) in [6.07, 6.45) is 1.64. The highest BCUT2D eigenvalue weighted by Crippen LogP contribution is 2.38. The molecule has 3 heterocycles. The van der Waals surface area contributed by atoms with Gasteiger partial charge >= 0.3 is 6.18 Å². The van der Waals surface area contributed by atoms with Gasteiger partial charge in [-0.05, 0) is 42.6 Å². The Bertz CT molecular complexity index is 1080. The minimum Gasteiger partial charge on any atom is -0.366 e. The maximum Gasteiger partial charge on any atom is 0.433 e. The van der Waals surface area contributed by atoms with Gasteiger partial charge < -0.3 is 5.32 Å². The molecule has 1 aliphatic rings. The number of hydrogen-bond donors (Lipinski definition) is 2. The van der Waals surface area contributed by atoms with Crippen molar-refractivity contribution in [3.63, 3.8) is 0 Å². The Morgan fingerprint density at radius 3 is 2.71 bits per heavy atom. The van der Waals surface area contributed by atoms with Crippen LogP contribution in [0.5, 0.6) is 0 Å². The molecule has 164 valence electrons. The fraction of sp³-hybridized carbons (Fsp3) is 0.429. The molecular weight excluding hydrogens is 425 g/mol. The summed E-state index contributed by atoms with van der Waals surface area (Å²) < 4.78 is 38.1. The van der Waals surface area contributed by atoms with E-state index in [-0.39, 0.29) is 5.41 Å². The molecule has 0 bridgehead atoms. The molecule has 3 aromatic heterocycles. The van der Waals surface area contributed by atoms with Crippen LogP contribution in [-0.2, 0) is 25.6 Å². The Hall–Kier alpha value is -2.62. The molecule has 1 aliphatic carbocycles. The Kier molecular flexibility index (Phi) is 5.67. The lowest BCUT2D eigenvalue weighted by Crippen LogP contribution is -2.22. The second-order valence-electron chi connectivity index (χ2n) is 8.40. The maximum atomic E-state index is 12.7. The van der Waals surface area contributed by atoms with E-state index in [4.69, 9.17) is 0 Å². The Morgan fingerprint density at radius 2 is 2.03 bits per heavy atom. The molecule has 0 aliphatic heterocycles. The first kappa shape index (κ1) is 21.6. The summed E-state index contributed by atoms with van der Waals surface area (Å²) in [4.78, 5) is 12.6. The Morgan fingerprint density at radius 1 is 1.23 bits per heavy atom. The van der Waals surface area contributed by atoms with Crippen molar-refractivity contribution in [1.29, 1.82) is 0 Å². The molecule has 0 saturated carbocycles. The van der Waals surface area contributed by atoms with Crippen LogP contribution < -0.4 is 5.32 Å². The quantitative estimate of drug-likeness (QED) is 0.416. The molecule has 0 aromatic carbocycles. The number of rotatable bonds is 5. The highest BCUT2D eigenvalue weighted by atomic mass is 32.2. The van der Waals surface area contributed by atoms with Gasteiger partial charge in [-0.3, -0.25) is 10.1 Å². The minimum atomic E-state index is -4.45. The zero-order valence-corrected chi connectivity index (χ0v) is 18.3. The summed E-state index contributed by atoms with van der Waals surface area (Å²) in [6.45, 7) is 4.80. The third-order valence-corrected chi connectivity index (χ3v) is 5.93. The van der Waals surface area contributed by atoms with Crippen molar-refractivity contribution in [3.8, 4) is 11.4 Å². The maximum absolute atomic E-state index is 12.7. The molecule has 31 heavy (non-hydrogen) atoms. The fourth-order valence-corrected chi connectivity index (χ4v) is 4.06. The molecule has 0 fully saturated rings. The summed E-state index contributed by atoms with van der Waals surface area (Å²) in [5.41, 5.74) is 3.88. The van der Waals surface area contributed by atoms with Gasteiger partial charge in [0.05, 0.1) is 5.69 Å². The third-order valence-electron chi connectivity index (χ3n) is 5.38. The van der Waals surface area contributed by atoms with Gasteiger partial charge in [0.2, 0.25) is 0 Å². The van der Waals surface area contributed by atoms with Gasteiger partial charge in [0.15, 0.2) is 5.16 Å². The number of aromatic amines is 1. The zero-order valence-electron chi connectivity index (χ0n) is 17.5. The van der Waals surface area contributed by atoms with Gasteiger partial charge in [0.25, 0.3) is 0 Å². The molecular formula is C21H23F3N6S. The normalized spacial score (nSPS) is 15.5. The molecule has 0 saturated heterocycles. The highest BCUT2D eigenvalue weighted by Gasteiger charge is 2.32. The number of hydrogen-bond acceptors (Lipinski definition) is 6. The van der Waals surface area contributed by atoms with E-state index in [2.05, 4.69) is 44.3 Å². The van der Waals surface area contributed by atoms with Crippen LogP contribution in [0.25, 0.3) is 11.4 Å². The molecule has 3 aromatic rings. The number of halogens is 3. The van der Waals surface area contributed by atoms with E-state index in [1.807, 2.05) is 12.3 Å². The van der Waals surface area contributed by atoms with Gasteiger partial charge in [-0.15, -0.1) is 0 Å². The highest BCUT2D eigenvalue weighted by molar-refractivity contribution is 7.98. The van der Waals surface area contributed by atoms with Crippen molar-refractivity contribution in [2.24, 2.45) is 5.41 Å². The lowest BCUT2D eigenvalue weighted by atomic mass is 9.76. The Labute approximate surface area is 182 Å². The van der Waals surface area contributed by atoms with E-state index in [0.717, 1.165) is 42.4 Å². The third kappa shape index (κ3) is 4.84. The van der Waals surface area contributed by atoms with Crippen LogP contribution in [0.15, 0.2) is 29.6 Å². The van der Waals surface area contributed by atoms with Gasteiger partial charge in [-0.2, -0.15) is 18.3 Å². The first-order chi connectivity index (χ1) is 14.6. The number of H-pyrrole nitrogens is 1. The van der Waals surface area contributed by atoms with Crippen LogP contribution in [0.4, 0.5) is 19.0 Å². The van der Waals surface area contributed by atoms with Gasteiger partial charge in [0, 0.05) is 30.1 Å². The fourth-order valence-electron chi connectivity index (χ4n) is 3.68. The van der Waals surface area contributed by atoms with Crippen molar-refractivity contribution in [3.05, 3.63) is 46.9 Å². The summed E-state index contributed by atoms with van der Waals surface area (Å²) >= 11 is 1.42. The largest absolute Gasteiger partial charge is 0.433 e. The molecule has 0 radical (unpaired) electrons. The first-order valence-electron chi connectivity index (χ1n) is 9.90. The number of thioether (sulfide) groups is 1. The number of anilines is 1. The summed E-state index contributed by atoms with van der Waals surface area (Å²) in [7, 11) is 0. The van der Waals surface area contributed by atoms with E-state index < -0.39 is 11.9 Å². The zero-order chi connectivity index (χ0) is 22.2. The topological polar surface area (TPSA) is 79.4 Å². The summed E-state index contributed by atoms with van der Waals surface area (Å²) in [5.74, 6) is 0.585. The smallest absolute Gasteiger partial charge is 0.366 e. The van der Waals surface area contributed by atoms with Crippen molar-refractivity contribution in [2.45, 2.75) is 51.0 Å². The minimum absolute atomic E-state index is 0.245. The molecule has 10 heteroatoms. The van der Waals surface area contributed by atoms with Crippen molar-refractivity contribution in [1.82, 2.24) is 25.1 Å². The average molecular weight is 449 g/mol. The van der Waals surface area contributed by atoms with Crippen LogP contribution in [0.1, 0.15) is 42.8 Å². The van der Waals surface area contributed by atoms with Crippen LogP contribution in [0.2, 0.25) is 0 Å². The number of fused-ring (bicyclic) bond motifs is 1. The van der Waals surface area contributed by atoms with Crippen molar-refractivity contribution in [2.75, 3.05) is 11.6 Å². The predicted molar refractivity (Wildman–Crippen MR) is 114 cm³/mol. The van der Waals surface area contributed by atoms with E-state index in [1.54, 1.807) is 0 Å². The van der Waals surface area contributed by atoms with Gasteiger partial charge in [0.1, 0.15) is 17.2 Å². The van der Waals surface area contributed by atoms with Crippen LogP contribution >= 0.6 is 11.8 Å². The Balaban J connectivity index is 1.56. The number of alkyl halides is 3. The van der Waals surface area contributed by atoms with E-state index >= 15 is 0 Å². The monoisotopic (exact) mass is 448 g/mol. The molecule has 0 atom stereocenters. The molecule has 2 N–H and O–H groups in total. The molecule has 0 unspecified atom stereocenters. The van der Waals surface area contributed by atoms with E-state index in [1.165, 1.54) is 29.6 Å². The second-order valence-corrected chi connectivity index (χ2v) is 9.17. The number of aromatic nitrogens is 5. The number of pyridine rings is 1. The molecule has 4 rings (SSSR count).